The molecule has 148 valence electrons. The summed E-state index contributed by atoms with van der Waals surface area (Å²) < 4.78 is 2.24. The van der Waals surface area contributed by atoms with Crippen LogP contribution in [0.1, 0.15) is 18.5 Å². The van der Waals surface area contributed by atoms with Crippen LogP contribution < -0.4 is 5.32 Å². The molecule has 2 aromatic carbocycles. The summed E-state index contributed by atoms with van der Waals surface area (Å²) in [4.78, 5) is 15.9. The number of fused-ring (bicyclic) bond motifs is 4. The minimum Gasteiger partial charge on any atom is -0.372 e. The number of aromatic nitrogens is 1. The van der Waals surface area contributed by atoms with Crippen molar-refractivity contribution < 1.29 is 4.79 Å². The quantitative estimate of drug-likeness (QED) is 0.591. The predicted molar refractivity (Wildman–Crippen MR) is 119 cm³/mol. The first kappa shape index (κ1) is 18.6. The minimum absolute atomic E-state index is 0.145. The van der Waals surface area contributed by atoms with Crippen molar-refractivity contribution in [2.75, 3.05) is 24.2 Å². The Morgan fingerprint density at radius 1 is 1.07 bits per heavy atom. The van der Waals surface area contributed by atoms with Crippen molar-refractivity contribution in [3.8, 4) is 5.69 Å². The molecule has 1 spiro atoms. The largest absolute Gasteiger partial charge is 0.372 e. The fourth-order valence-corrected chi connectivity index (χ4v) is 5.37. The summed E-state index contributed by atoms with van der Waals surface area (Å²) in [6.07, 6.45) is 3.88. The second-order valence-corrected chi connectivity index (χ2v) is 9.10. The Morgan fingerprint density at radius 2 is 1.86 bits per heavy atom. The van der Waals surface area contributed by atoms with Gasteiger partial charge in [0.2, 0.25) is 5.91 Å². The van der Waals surface area contributed by atoms with Crippen LogP contribution in [0.15, 0.2) is 71.8 Å². The Morgan fingerprint density at radius 3 is 2.66 bits per heavy atom. The number of hydrogen-bond donors (Lipinski definition) is 1. The lowest BCUT2D eigenvalue weighted by molar-refractivity contribution is -0.129. The number of piperidine rings is 1. The highest BCUT2D eigenvalue weighted by atomic mass is 35.5. The molecule has 1 amide bonds. The molecule has 0 atom stereocenters. The molecule has 0 bridgehead atoms. The number of thioether (sulfide) groups is 1. The zero-order chi connectivity index (χ0) is 19.8. The van der Waals surface area contributed by atoms with E-state index >= 15 is 0 Å². The lowest BCUT2D eigenvalue weighted by atomic mass is 9.82. The minimum atomic E-state index is -0.145. The number of hydrogen-bond acceptors (Lipinski definition) is 3. The summed E-state index contributed by atoms with van der Waals surface area (Å²) in [7, 11) is 0. The Labute approximate surface area is 179 Å². The fourth-order valence-electron chi connectivity index (χ4n) is 4.38. The van der Waals surface area contributed by atoms with E-state index in [0.717, 1.165) is 47.2 Å². The third kappa shape index (κ3) is 3.43. The van der Waals surface area contributed by atoms with Crippen LogP contribution in [0.25, 0.3) is 5.69 Å². The second-order valence-electron chi connectivity index (χ2n) is 7.61. The normalized spacial score (nSPS) is 16.8. The summed E-state index contributed by atoms with van der Waals surface area (Å²) in [6, 6.07) is 20.3. The molecule has 1 N–H and O–H groups in total. The number of nitrogens with one attached hydrogen (secondary N) is 1. The molecule has 5 rings (SSSR count). The number of carbonyl (C=O) groups is 1. The Bertz CT molecular complexity index is 1040. The number of nitrogens with zero attached hydrogens (tertiary/aromatic N) is 2. The third-order valence-corrected chi connectivity index (χ3v) is 7.14. The summed E-state index contributed by atoms with van der Waals surface area (Å²) >= 11 is 7.84. The molecular formula is C23H22ClN3OS. The van der Waals surface area contributed by atoms with Gasteiger partial charge in [0.1, 0.15) is 0 Å². The lowest BCUT2D eigenvalue weighted by Gasteiger charge is -2.46. The third-order valence-electron chi connectivity index (χ3n) is 5.91. The van der Waals surface area contributed by atoms with Gasteiger partial charge in [0.15, 0.2) is 0 Å². The predicted octanol–water partition coefficient (Wildman–Crippen LogP) is 5.17. The van der Waals surface area contributed by atoms with Gasteiger partial charge in [-0.1, -0.05) is 29.8 Å². The molecule has 1 fully saturated rings. The van der Waals surface area contributed by atoms with Crippen LogP contribution in [0.2, 0.25) is 5.02 Å². The van der Waals surface area contributed by atoms with E-state index in [9.17, 15) is 4.79 Å². The molecule has 2 aliphatic heterocycles. The van der Waals surface area contributed by atoms with E-state index in [2.05, 4.69) is 34.3 Å². The van der Waals surface area contributed by atoms with Gasteiger partial charge < -0.3 is 14.8 Å². The topological polar surface area (TPSA) is 37.3 Å². The molecule has 1 aromatic heterocycles. The van der Waals surface area contributed by atoms with E-state index in [1.165, 1.54) is 5.69 Å². The van der Waals surface area contributed by atoms with E-state index in [0.29, 0.717) is 5.75 Å². The van der Waals surface area contributed by atoms with Gasteiger partial charge in [0, 0.05) is 34.9 Å². The number of rotatable bonds is 3. The van der Waals surface area contributed by atoms with Crippen LogP contribution in [0, 0.1) is 0 Å². The fraction of sp³-hybridized carbons (Fsp3) is 0.261. The van der Waals surface area contributed by atoms with Crippen LogP contribution in [0.5, 0.6) is 0 Å². The number of halogens is 1. The Balaban J connectivity index is 1.30. The maximum atomic E-state index is 12.7. The monoisotopic (exact) mass is 423 g/mol. The van der Waals surface area contributed by atoms with Gasteiger partial charge in [-0.25, -0.2) is 0 Å². The first-order valence-corrected chi connectivity index (χ1v) is 11.2. The van der Waals surface area contributed by atoms with Crippen LogP contribution in [0.4, 0.5) is 5.69 Å². The highest BCUT2D eigenvalue weighted by Gasteiger charge is 2.42. The molecule has 2 aliphatic rings. The van der Waals surface area contributed by atoms with Crippen molar-refractivity contribution in [2.24, 2.45) is 0 Å². The molecule has 0 unspecified atom stereocenters. The highest BCUT2D eigenvalue weighted by molar-refractivity contribution is 8.00. The number of carbonyl (C=O) groups excluding carboxylic acids is 1. The molecule has 0 radical (unpaired) electrons. The second kappa shape index (κ2) is 7.47. The lowest BCUT2D eigenvalue weighted by Crippen LogP contribution is -2.51. The van der Waals surface area contributed by atoms with E-state index in [1.54, 1.807) is 11.8 Å². The average Bonchev–Trinajstić information content (AvgIpc) is 3.26. The van der Waals surface area contributed by atoms with E-state index in [-0.39, 0.29) is 11.4 Å². The number of amides is 1. The summed E-state index contributed by atoms with van der Waals surface area (Å²) in [5.74, 6) is 0.703. The van der Waals surface area contributed by atoms with Crippen molar-refractivity contribution in [1.82, 2.24) is 9.47 Å². The van der Waals surface area contributed by atoms with Crippen molar-refractivity contribution in [3.05, 3.63) is 77.6 Å². The summed E-state index contributed by atoms with van der Waals surface area (Å²) in [6.45, 7) is 1.52. The van der Waals surface area contributed by atoms with Crippen molar-refractivity contribution in [2.45, 2.75) is 23.3 Å². The number of likely N-dealkylation sites (tertiary alicyclic amines) is 1. The first-order valence-electron chi connectivity index (χ1n) is 9.86. The van der Waals surface area contributed by atoms with Crippen molar-refractivity contribution in [1.29, 1.82) is 0 Å². The van der Waals surface area contributed by atoms with Crippen molar-refractivity contribution >= 4 is 35.0 Å². The molecule has 0 aliphatic carbocycles. The van der Waals surface area contributed by atoms with Gasteiger partial charge in [-0.05, 0) is 55.3 Å². The molecule has 3 heterocycles. The number of anilines is 1. The molecule has 3 aromatic rings. The SMILES string of the molecule is O=C(CSc1ccccc1)N1CCC2(CC1)Nc1ccc(Cl)cc1-n1cccc12. The molecule has 0 saturated carbocycles. The van der Waals surface area contributed by atoms with E-state index in [4.69, 9.17) is 11.6 Å². The molecule has 29 heavy (non-hydrogen) atoms. The van der Waals surface area contributed by atoms with Crippen LogP contribution >= 0.6 is 23.4 Å². The van der Waals surface area contributed by atoms with Gasteiger partial charge in [-0.2, -0.15) is 0 Å². The maximum Gasteiger partial charge on any atom is 0.232 e. The van der Waals surface area contributed by atoms with Gasteiger partial charge in [-0.15, -0.1) is 11.8 Å². The zero-order valence-electron chi connectivity index (χ0n) is 16.0. The van der Waals surface area contributed by atoms with Gasteiger partial charge in [-0.3, -0.25) is 4.79 Å². The summed E-state index contributed by atoms with van der Waals surface area (Å²) in [5, 5.41) is 4.51. The number of benzene rings is 2. The smallest absolute Gasteiger partial charge is 0.232 e. The van der Waals surface area contributed by atoms with Crippen LogP contribution in [0.3, 0.4) is 0 Å². The standard InChI is InChI=1S/C23H22ClN3OS/c24-17-8-9-19-20(15-17)27-12-4-7-21(27)23(25-19)10-13-26(14-11-23)22(28)16-29-18-5-2-1-3-6-18/h1-9,12,15,25H,10-11,13-14,16H2. The highest BCUT2D eigenvalue weighted by Crippen LogP contribution is 2.44. The first-order chi connectivity index (χ1) is 14.1. The van der Waals surface area contributed by atoms with Gasteiger partial charge in [0.05, 0.1) is 22.7 Å². The molecule has 1 saturated heterocycles. The summed E-state index contributed by atoms with van der Waals surface area (Å²) in [5.41, 5.74) is 3.28. The van der Waals surface area contributed by atoms with Crippen molar-refractivity contribution in [3.63, 3.8) is 0 Å². The zero-order valence-corrected chi connectivity index (χ0v) is 17.5. The molecule has 6 heteroatoms. The van der Waals surface area contributed by atoms with E-state index in [1.807, 2.05) is 47.4 Å². The van der Waals surface area contributed by atoms with Crippen LogP contribution in [-0.2, 0) is 10.3 Å². The molecular weight excluding hydrogens is 402 g/mol. The van der Waals surface area contributed by atoms with Crippen LogP contribution in [-0.4, -0.2) is 34.2 Å². The van der Waals surface area contributed by atoms with Gasteiger partial charge in [0.25, 0.3) is 0 Å². The maximum absolute atomic E-state index is 12.7. The average molecular weight is 424 g/mol. The van der Waals surface area contributed by atoms with E-state index < -0.39 is 0 Å². The van der Waals surface area contributed by atoms with Gasteiger partial charge >= 0.3 is 0 Å². The molecule has 4 nitrogen and oxygen atoms in total. The Hall–Kier alpha value is -2.37. The Kier molecular flexibility index (Phi) is 4.80.